The summed E-state index contributed by atoms with van der Waals surface area (Å²) < 4.78 is 28.9. The average molecular weight is 458 g/mol. The largest absolute Gasteiger partial charge is 0.309 e. The van der Waals surface area contributed by atoms with Gasteiger partial charge in [0.25, 0.3) is 0 Å². The first-order valence-corrected chi connectivity index (χ1v) is 12.3. The van der Waals surface area contributed by atoms with E-state index in [1.54, 1.807) is 34.9 Å². The first kappa shape index (κ1) is 22.9. The fourth-order valence-corrected chi connectivity index (χ4v) is 5.10. The monoisotopic (exact) mass is 457 g/mol. The van der Waals surface area contributed by atoms with E-state index in [-0.39, 0.29) is 0 Å². The van der Waals surface area contributed by atoms with Crippen LogP contribution >= 0.6 is 0 Å². The van der Waals surface area contributed by atoms with Gasteiger partial charge in [-0.2, -0.15) is 4.31 Å². The second-order valence-electron chi connectivity index (χ2n) is 7.85. The van der Waals surface area contributed by atoms with Gasteiger partial charge in [0.05, 0.1) is 4.90 Å². The quantitative estimate of drug-likeness (QED) is 0.373. The van der Waals surface area contributed by atoms with Crippen LogP contribution in [0.4, 0.5) is 0 Å². The van der Waals surface area contributed by atoms with Crippen LogP contribution in [-0.2, 0) is 36.2 Å². The summed E-state index contributed by atoms with van der Waals surface area (Å²) in [5.74, 6) is 0. The third-order valence-corrected chi connectivity index (χ3v) is 7.14. The maximum Gasteiger partial charge on any atom is 0.243 e. The van der Waals surface area contributed by atoms with Gasteiger partial charge in [0.15, 0.2) is 0 Å². The van der Waals surface area contributed by atoms with Gasteiger partial charge in [-0.1, -0.05) is 72.8 Å². The molecule has 0 spiro atoms. The number of aromatic nitrogens is 1. The Balaban J connectivity index is 1.54. The Morgan fingerprint density at radius 3 is 1.79 bits per heavy atom. The normalized spacial score (nSPS) is 11.5. The molecule has 0 unspecified atom stereocenters. The maximum atomic E-state index is 13.7. The molecule has 6 heteroatoms. The summed E-state index contributed by atoms with van der Waals surface area (Å²) in [6.45, 7) is 1.88. The molecule has 4 rings (SSSR count). The second kappa shape index (κ2) is 11.0. The molecule has 3 aromatic carbocycles. The highest BCUT2D eigenvalue weighted by Gasteiger charge is 2.25. The van der Waals surface area contributed by atoms with Crippen molar-refractivity contribution >= 4 is 10.0 Å². The molecule has 0 saturated heterocycles. The lowest BCUT2D eigenvalue weighted by atomic mass is 10.2. The summed E-state index contributed by atoms with van der Waals surface area (Å²) >= 11 is 0. The molecule has 0 aliphatic rings. The fraction of sp³-hybridized carbons (Fsp3) is 0.148. The first-order valence-electron chi connectivity index (χ1n) is 10.9. The van der Waals surface area contributed by atoms with Crippen molar-refractivity contribution in [2.45, 2.75) is 31.1 Å². The van der Waals surface area contributed by atoms with Crippen LogP contribution in [0.5, 0.6) is 0 Å². The van der Waals surface area contributed by atoms with Crippen LogP contribution in [0.2, 0.25) is 0 Å². The third-order valence-electron chi connectivity index (χ3n) is 5.35. The smallest absolute Gasteiger partial charge is 0.243 e. The van der Waals surface area contributed by atoms with E-state index in [2.05, 4.69) is 10.3 Å². The molecule has 33 heavy (non-hydrogen) atoms. The molecule has 0 amide bonds. The molecule has 5 nitrogen and oxygen atoms in total. The summed E-state index contributed by atoms with van der Waals surface area (Å²) in [6.07, 6.45) is 3.52. The molecular formula is C27H27N3O2S. The molecular weight excluding hydrogens is 430 g/mol. The zero-order valence-corrected chi connectivity index (χ0v) is 19.2. The van der Waals surface area contributed by atoms with Gasteiger partial charge in [-0.3, -0.25) is 4.98 Å². The average Bonchev–Trinajstić information content (AvgIpc) is 2.86. The van der Waals surface area contributed by atoms with Crippen molar-refractivity contribution in [1.29, 1.82) is 0 Å². The Hall–Kier alpha value is -3.32. The molecule has 0 bridgehead atoms. The van der Waals surface area contributed by atoms with Crippen molar-refractivity contribution in [2.24, 2.45) is 0 Å². The van der Waals surface area contributed by atoms with Gasteiger partial charge >= 0.3 is 0 Å². The number of nitrogens with zero attached hydrogens (tertiary/aromatic N) is 2. The minimum Gasteiger partial charge on any atom is -0.309 e. The second-order valence-corrected chi connectivity index (χ2v) is 9.79. The molecule has 0 fully saturated rings. The highest BCUT2D eigenvalue weighted by molar-refractivity contribution is 7.89. The SMILES string of the molecule is O=S(=O)(c1cccc(CNCc2ccncc2)c1)N(Cc1ccccc1)Cc1ccccc1. The Morgan fingerprint density at radius 2 is 1.18 bits per heavy atom. The number of pyridine rings is 1. The summed E-state index contributed by atoms with van der Waals surface area (Å²) in [7, 11) is -3.70. The minimum absolute atomic E-state index is 0.303. The molecule has 0 aliphatic carbocycles. The van der Waals surface area contributed by atoms with Crippen LogP contribution in [0.1, 0.15) is 22.3 Å². The van der Waals surface area contributed by atoms with E-state index in [1.165, 1.54) is 0 Å². The first-order chi connectivity index (χ1) is 16.1. The molecule has 1 aromatic heterocycles. The molecule has 0 saturated carbocycles. The van der Waals surface area contributed by atoms with Gasteiger partial charge in [-0.05, 0) is 46.5 Å². The van der Waals surface area contributed by atoms with Gasteiger partial charge < -0.3 is 5.32 Å². The topological polar surface area (TPSA) is 62.3 Å². The zero-order chi connectivity index (χ0) is 22.9. The van der Waals surface area contributed by atoms with Crippen molar-refractivity contribution < 1.29 is 8.42 Å². The number of hydrogen-bond acceptors (Lipinski definition) is 4. The van der Waals surface area contributed by atoms with Crippen LogP contribution in [0, 0.1) is 0 Å². The molecule has 1 heterocycles. The van der Waals surface area contributed by atoms with Crippen molar-refractivity contribution in [3.63, 3.8) is 0 Å². The Kier molecular flexibility index (Phi) is 7.62. The molecule has 0 radical (unpaired) electrons. The summed E-state index contributed by atoms with van der Waals surface area (Å²) in [6, 6.07) is 30.5. The minimum atomic E-state index is -3.70. The zero-order valence-electron chi connectivity index (χ0n) is 18.3. The van der Waals surface area contributed by atoms with Crippen molar-refractivity contribution in [3.05, 3.63) is 132 Å². The summed E-state index contributed by atoms with van der Waals surface area (Å²) in [4.78, 5) is 4.33. The van der Waals surface area contributed by atoms with Crippen LogP contribution in [0.15, 0.2) is 114 Å². The van der Waals surface area contributed by atoms with Gasteiger partial charge in [-0.15, -0.1) is 0 Å². The van der Waals surface area contributed by atoms with Crippen molar-refractivity contribution in [1.82, 2.24) is 14.6 Å². The lowest BCUT2D eigenvalue weighted by molar-refractivity contribution is 0.401. The molecule has 1 N–H and O–H groups in total. The van der Waals surface area contributed by atoms with E-state index in [0.717, 1.165) is 22.3 Å². The molecule has 168 valence electrons. The highest BCUT2D eigenvalue weighted by atomic mass is 32.2. The van der Waals surface area contributed by atoms with Gasteiger partial charge in [0.1, 0.15) is 0 Å². The Morgan fingerprint density at radius 1 is 0.636 bits per heavy atom. The molecule has 0 atom stereocenters. The van der Waals surface area contributed by atoms with E-state index >= 15 is 0 Å². The van der Waals surface area contributed by atoms with Gasteiger partial charge in [0, 0.05) is 38.6 Å². The molecule has 0 aliphatic heterocycles. The lowest BCUT2D eigenvalue weighted by Gasteiger charge is -2.23. The van der Waals surface area contributed by atoms with E-state index in [4.69, 9.17) is 0 Å². The predicted octanol–water partition coefficient (Wildman–Crippen LogP) is 4.76. The van der Waals surface area contributed by atoms with E-state index in [1.807, 2.05) is 78.9 Å². The number of hydrogen-bond donors (Lipinski definition) is 1. The van der Waals surface area contributed by atoms with Crippen molar-refractivity contribution in [2.75, 3.05) is 0 Å². The molecule has 4 aromatic rings. The van der Waals surface area contributed by atoms with Gasteiger partial charge in [-0.25, -0.2) is 8.42 Å². The predicted molar refractivity (Wildman–Crippen MR) is 131 cm³/mol. The lowest BCUT2D eigenvalue weighted by Crippen LogP contribution is -2.30. The number of rotatable bonds is 10. The van der Waals surface area contributed by atoms with Crippen molar-refractivity contribution in [3.8, 4) is 0 Å². The highest BCUT2D eigenvalue weighted by Crippen LogP contribution is 2.22. The van der Waals surface area contributed by atoms with E-state index in [9.17, 15) is 8.42 Å². The number of nitrogens with one attached hydrogen (secondary N) is 1. The van der Waals surface area contributed by atoms with Crippen LogP contribution in [0.25, 0.3) is 0 Å². The maximum absolute atomic E-state index is 13.7. The van der Waals surface area contributed by atoms with Gasteiger partial charge in [0.2, 0.25) is 10.0 Å². The van der Waals surface area contributed by atoms with E-state index in [0.29, 0.717) is 31.1 Å². The van der Waals surface area contributed by atoms with Crippen LogP contribution in [-0.4, -0.2) is 17.7 Å². The van der Waals surface area contributed by atoms with Crippen LogP contribution < -0.4 is 5.32 Å². The Bertz CT molecular complexity index is 1210. The van der Waals surface area contributed by atoms with Crippen LogP contribution in [0.3, 0.4) is 0 Å². The standard InChI is InChI=1S/C27H27N3O2S/c31-33(32,27-13-7-12-26(18-27)20-29-19-23-14-16-28-17-15-23)30(21-24-8-3-1-4-9-24)22-25-10-5-2-6-11-25/h1-18,29H,19-22H2. The van der Waals surface area contributed by atoms with E-state index < -0.39 is 10.0 Å². The Labute approximate surface area is 195 Å². The fourth-order valence-electron chi connectivity index (χ4n) is 3.62. The summed E-state index contributed by atoms with van der Waals surface area (Å²) in [5.41, 5.74) is 3.95. The number of sulfonamides is 1. The summed E-state index contributed by atoms with van der Waals surface area (Å²) in [5, 5.41) is 3.37. The third kappa shape index (κ3) is 6.35. The number of benzene rings is 3.